The Hall–Kier alpha value is -4.18. The van der Waals surface area contributed by atoms with Crippen LogP contribution in [0.25, 0.3) is 22.3 Å². The van der Waals surface area contributed by atoms with Gasteiger partial charge >= 0.3 is 5.91 Å². The number of hydrogen-bond donors (Lipinski definition) is 2. The van der Waals surface area contributed by atoms with E-state index in [1.54, 1.807) is 12.1 Å². The van der Waals surface area contributed by atoms with E-state index in [0.717, 1.165) is 35.5 Å². The number of nitrogens with zero attached hydrogens (tertiary/aromatic N) is 4. The van der Waals surface area contributed by atoms with Crippen molar-refractivity contribution in [1.29, 1.82) is 0 Å². The normalized spacial score (nSPS) is 15.5. The number of carbonyl (C=O) groups is 1. The summed E-state index contributed by atoms with van der Waals surface area (Å²) in [5.41, 5.74) is 8.91. The lowest BCUT2D eigenvalue weighted by atomic mass is 10.1. The zero-order valence-electron chi connectivity index (χ0n) is 20.3. The van der Waals surface area contributed by atoms with Crippen molar-refractivity contribution in [2.45, 2.75) is 19.4 Å². The van der Waals surface area contributed by atoms with Crippen molar-refractivity contribution in [3.63, 3.8) is 0 Å². The molecule has 2 aromatic heterocycles. The summed E-state index contributed by atoms with van der Waals surface area (Å²) < 4.78 is 22.3. The van der Waals surface area contributed by atoms with Crippen LogP contribution in [0.2, 0.25) is 0 Å². The number of fused-ring (bicyclic) bond motifs is 1. The molecule has 3 heterocycles. The lowest BCUT2D eigenvalue weighted by molar-refractivity contribution is -0.596. The lowest BCUT2D eigenvalue weighted by Gasteiger charge is -2.22. The number of benzene rings is 2. The number of aromatic nitrogens is 3. The number of aryl methyl sites for hydroxylation is 2. The summed E-state index contributed by atoms with van der Waals surface area (Å²) in [6, 6.07) is 12.4. The average molecular weight is 491 g/mol. The summed E-state index contributed by atoms with van der Waals surface area (Å²) >= 11 is 0. The zero-order valence-corrected chi connectivity index (χ0v) is 20.3. The van der Waals surface area contributed by atoms with E-state index in [0.29, 0.717) is 17.0 Å². The number of amides is 1. The first-order chi connectivity index (χ1) is 17.3. The highest BCUT2D eigenvalue weighted by Gasteiger charge is 2.29. The van der Waals surface area contributed by atoms with Gasteiger partial charge in [0.2, 0.25) is 5.69 Å². The van der Waals surface area contributed by atoms with Gasteiger partial charge in [-0.2, -0.15) is 4.73 Å². The number of carbonyl (C=O) groups excluding carboxylic acids is 1. The van der Waals surface area contributed by atoms with Gasteiger partial charge < -0.3 is 30.5 Å². The van der Waals surface area contributed by atoms with Crippen molar-refractivity contribution in [2.75, 3.05) is 30.4 Å². The van der Waals surface area contributed by atoms with E-state index >= 15 is 0 Å². The summed E-state index contributed by atoms with van der Waals surface area (Å²) in [4.78, 5) is 20.2. The number of ether oxygens (including phenoxy) is 1. The predicted octanol–water partition coefficient (Wildman–Crippen LogP) is 3.12. The molecule has 0 radical (unpaired) electrons. The molecule has 2 aromatic carbocycles. The van der Waals surface area contributed by atoms with Gasteiger partial charge in [0, 0.05) is 38.3 Å². The fraction of sp³-hybridized carbons (Fsp3) is 0.269. The van der Waals surface area contributed by atoms with Crippen molar-refractivity contribution in [1.82, 2.24) is 9.55 Å². The molecule has 9 nitrogen and oxygen atoms in total. The molecule has 186 valence electrons. The highest BCUT2D eigenvalue weighted by molar-refractivity contribution is 6.07. The second kappa shape index (κ2) is 9.12. The van der Waals surface area contributed by atoms with Gasteiger partial charge in [0.25, 0.3) is 5.69 Å². The third-order valence-corrected chi connectivity index (χ3v) is 6.67. The third-order valence-electron chi connectivity index (χ3n) is 6.67. The van der Waals surface area contributed by atoms with E-state index < -0.39 is 11.7 Å². The molecule has 10 heteroatoms. The number of nitrogens with one attached hydrogen (secondary N) is 1. The molecule has 1 aliphatic rings. The molecule has 0 spiro atoms. The van der Waals surface area contributed by atoms with Crippen molar-refractivity contribution >= 4 is 28.3 Å². The minimum atomic E-state index is -0.626. The maximum atomic E-state index is 14.7. The largest absolute Gasteiger partial charge is 0.618 e. The van der Waals surface area contributed by atoms with Crippen LogP contribution in [0.1, 0.15) is 22.7 Å². The number of pyridine rings is 1. The van der Waals surface area contributed by atoms with Crippen LogP contribution in [0.5, 0.6) is 5.75 Å². The maximum Gasteiger partial charge on any atom is 0.321 e. The highest BCUT2D eigenvalue weighted by atomic mass is 19.1. The second-order valence-electron chi connectivity index (χ2n) is 8.90. The number of nitrogens with two attached hydrogens (primary N) is 1. The Balaban J connectivity index is 1.57. The minimum Gasteiger partial charge on any atom is -0.618 e. The molecule has 0 bridgehead atoms. The quantitative estimate of drug-likeness (QED) is 0.328. The summed E-state index contributed by atoms with van der Waals surface area (Å²) in [5, 5.41) is 16.1. The lowest BCUT2D eigenvalue weighted by Crippen LogP contribution is -2.39. The molecule has 1 saturated heterocycles. The number of rotatable bonds is 5. The monoisotopic (exact) mass is 490 g/mol. The van der Waals surface area contributed by atoms with E-state index in [2.05, 4.69) is 10.2 Å². The average Bonchev–Trinajstić information content (AvgIpc) is 3.41. The SMILES string of the molecule is COc1cccc(F)c1-c1cccc(C(=O)Nc2ccc3c(nc(C)n3C)c2N2CC[C@H](N)C2)[n+]1[O-]. The van der Waals surface area contributed by atoms with Crippen LogP contribution < -0.4 is 25.4 Å². The van der Waals surface area contributed by atoms with Crippen molar-refractivity contribution in [3.05, 3.63) is 71.1 Å². The number of imidazole rings is 1. The van der Waals surface area contributed by atoms with Crippen LogP contribution in [-0.4, -0.2) is 41.7 Å². The summed E-state index contributed by atoms with van der Waals surface area (Å²) in [6.45, 7) is 3.27. The molecule has 1 amide bonds. The fourth-order valence-corrected chi connectivity index (χ4v) is 4.73. The molecular weight excluding hydrogens is 463 g/mol. The van der Waals surface area contributed by atoms with Crippen LogP contribution in [0, 0.1) is 17.9 Å². The first kappa shape index (κ1) is 23.6. The zero-order chi connectivity index (χ0) is 25.6. The Bertz CT molecular complexity index is 1480. The van der Waals surface area contributed by atoms with Gasteiger partial charge in [-0.3, -0.25) is 4.79 Å². The van der Waals surface area contributed by atoms with Crippen molar-refractivity contribution < 1.29 is 18.7 Å². The van der Waals surface area contributed by atoms with Crippen LogP contribution in [-0.2, 0) is 7.05 Å². The van der Waals surface area contributed by atoms with Gasteiger partial charge in [-0.05, 0) is 43.7 Å². The highest BCUT2D eigenvalue weighted by Crippen LogP contribution is 2.37. The molecule has 0 unspecified atom stereocenters. The Morgan fingerprint density at radius 1 is 1.25 bits per heavy atom. The standard InChI is InChI=1S/C26H27FN6O3/c1-15-29-24-20(31(15)2)11-10-18(25(24)32-13-12-16(28)14-32)30-26(34)21-8-5-7-19(33(21)35)23-17(27)6-4-9-22(23)36-3/h4-11,16H,12-14,28H2,1-3H3,(H,30,34)/t16-/m0/s1. The third kappa shape index (κ3) is 3.89. The molecule has 4 aromatic rings. The molecule has 0 saturated carbocycles. The first-order valence-electron chi connectivity index (χ1n) is 11.6. The fourth-order valence-electron chi connectivity index (χ4n) is 4.73. The Morgan fingerprint density at radius 3 is 2.75 bits per heavy atom. The van der Waals surface area contributed by atoms with Crippen LogP contribution in [0.15, 0.2) is 48.5 Å². The first-order valence-corrected chi connectivity index (χ1v) is 11.6. The van der Waals surface area contributed by atoms with Gasteiger partial charge in [-0.1, -0.05) is 6.07 Å². The molecule has 5 rings (SSSR count). The van der Waals surface area contributed by atoms with Crippen molar-refractivity contribution in [2.24, 2.45) is 12.8 Å². The predicted molar refractivity (Wildman–Crippen MR) is 136 cm³/mol. The van der Waals surface area contributed by atoms with Gasteiger partial charge in [-0.25, -0.2) is 9.37 Å². The van der Waals surface area contributed by atoms with Gasteiger partial charge in [0.05, 0.1) is 24.0 Å². The summed E-state index contributed by atoms with van der Waals surface area (Å²) in [7, 11) is 3.33. The van der Waals surface area contributed by atoms with Gasteiger partial charge in [0.15, 0.2) is 0 Å². The molecule has 36 heavy (non-hydrogen) atoms. The number of methoxy groups -OCH3 is 1. The van der Waals surface area contributed by atoms with Crippen LogP contribution in [0.3, 0.4) is 0 Å². The summed E-state index contributed by atoms with van der Waals surface area (Å²) in [5.74, 6) is -0.220. The number of hydrogen-bond acceptors (Lipinski definition) is 6. The van der Waals surface area contributed by atoms with E-state index in [-0.39, 0.29) is 28.7 Å². The molecule has 1 fully saturated rings. The Morgan fingerprint density at radius 2 is 2.03 bits per heavy atom. The maximum absolute atomic E-state index is 14.7. The van der Waals surface area contributed by atoms with Crippen LogP contribution in [0.4, 0.5) is 15.8 Å². The van der Waals surface area contributed by atoms with E-state index in [4.69, 9.17) is 15.5 Å². The Labute approximate surface area is 207 Å². The molecule has 3 N–H and O–H groups in total. The smallest absolute Gasteiger partial charge is 0.321 e. The van der Waals surface area contributed by atoms with Gasteiger partial charge in [0.1, 0.15) is 28.5 Å². The molecular formula is C26H27FN6O3. The van der Waals surface area contributed by atoms with Gasteiger partial charge in [-0.15, -0.1) is 0 Å². The number of anilines is 2. The summed E-state index contributed by atoms with van der Waals surface area (Å²) in [6.07, 6.45) is 0.822. The molecule has 1 aliphatic heterocycles. The van der Waals surface area contributed by atoms with Crippen molar-refractivity contribution in [3.8, 4) is 17.0 Å². The second-order valence-corrected chi connectivity index (χ2v) is 8.90. The van der Waals surface area contributed by atoms with E-state index in [1.807, 2.05) is 24.6 Å². The number of halogens is 1. The van der Waals surface area contributed by atoms with Crippen LogP contribution >= 0.6 is 0 Å². The van der Waals surface area contributed by atoms with E-state index in [9.17, 15) is 14.4 Å². The van der Waals surface area contributed by atoms with E-state index in [1.165, 1.54) is 37.4 Å². The topological polar surface area (TPSA) is 112 Å². The molecule has 1 atom stereocenters. The molecule has 0 aliphatic carbocycles. The Kier molecular flexibility index (Phi) is 5.97. The minimum absolute atomic E-state index is 0.0122.